The number of hydrogen-bond donors (Lipinski definition) is 0. The maximum absolute atomic E-state index is 12.2. The van der Waals surface area contributed by atoms with Gasteiger partial charge >= 0.3 is 5.97 Å². The van der Waals surface area contributed by atoms with Crippen LogP contribution in [0, 0.1) is 24.0 Å². The van der Waals surface area contributed by atoms with E-state index in [-0.39, 0.29) is 17.2 Å². The second kappa shape index (κ2) is 9.45. The Morgan fingerprint density at radius 1 is 1.18 bits per heavy atom. The molecule has 0 saturated heterocycles. The summed E-state index contributed by atoms with van der Waals surface area (Å²) in [5.41, 5.74) is 3.42. The van der Waals surface area contributed by atoms with Gasteiger partial charge in [-0.2, -0.15) is 0 Å². The number of para-hydroxylation sites is 1. The maximum atomic E-state index is 12.2. The fourth-order valence-electron chi connectivity index (χ4n) is 2.61. The average Bonchev–Trinajstić information content (AvgIpc) is 2.66. The van der Waals surface area contributed by atoms with Crippen molar-refractivity contribution in [3.63, 3.8) is 0 Å². The summed E-state index contributed by atoms with van der Waals surface area (Å²) in [5, 5.41) is 11.0. The molecule has 0 heterocycles. The van der Waals surface area contributed by atoms with Crippen LogP contribution in [0.4, 0.5) is 5.69 Å². The molecule has 0 N–H and O–H groups in total. The van der Waals surface area contributed by atoms with Crippen LogP contribution in [0.25, 0.3) is 6.08 Å². The summed E-state index contributed by atoms with van der Waals surface area (Å²) in [6, 6.07) is 12.0. The topological polar surface area (TPSA) is 89.8 Å². The van der Waals surface area contributed by atoms with Crippen molar-refractivity contribution in [3.8, 4) is 0 Å². The number of carbonyl (C=O) groups excluding carboxylic acids is 2. The third-order valence-corrected chi connectivity index (χ3v) is 4.20. The predicted molar refractivity (Wildman–Crippen MR) is 105 cm³/mol. The molecule has 7 heteroatoms. The molecule has 0 aliphatic heterocycles. The Bertz CT molecular complexity index is 921. The third kappa shape index (κ3) is 5.77. The monoisotopic (exact) mass is 382 g/mol. The fourth-order valence-corrected chi connectivity index (χ4v) is 2.61. The van der Waals surface area contributed by atoms with Crippen molar-refractivity contribution in [1.82, 2.24) is 4.90 Å². The second-order valence-electron chi connectivity index (χ2n) is 6.44. The molecule has 0 aliphatic carbocycles. The zero-order valence-corrected chi connectivity index (χ0v) is 16.0. The van der Waals surface area contributed by atoms with Gasteiger partial charge in [-0.1, -0.05) is 35.9 Å². The van der Waals surface area contributed by atoms with Crippen LogP contribution in [0.3, 0.4) is 0 Å². The zero-order chi connectivity index (χ0) is 20.7. The number of nitro benzene ring substituents is 1. The summed E-state index contributed by atoms with van der Waals surface area (Å²) in [6.45, 7) is 3.99. The molecule has 0 aliphatic rings. The summed E-state index contributed by atoms with van der Waals surface area (Å²) in [6.07, 6.45) is 2.37. The molecule has 28 heavy (non-hydrogen) atoms. The molecule has 1 amide bonds. The van der Waals surface area contributed by atoms with Crippen molar-refractivity contribution in [2.45, 2.75) is 20.4 Å². The molecule has 0 saturated carbocycles. The van der Waals surface area contributed by atoms with Crippen molar-refractivity contribution in [2.75, 3.05) is 13.7 Å². The van der Waals surface area contributed by atoms with E-state index in [2.05, 4.69) is 0 Å². The largest absolute Gasteiger partial charge is 0.452 e. The minimum atomic E-state index is -0.744. The van der Waals surface area contributed by atoms with E-state index in [0.717, 1.165) is 22.8 Å². The number of nitro groups is 1. The third-order valence-electron chi connectivity index (χ3n) is 4.20. The molecule has 0 unspecified atom stereocenters. The number of carbonyl (C=O) groups is 2. The lowest BCUT2D eigenvalue weighted by molar-refractivity contribution is -0.385. The van der Waals surface area contributed by atoms with E-state index < -0.39 is 17.5 Å². The van der Waals surface area contributed by atoms with E-state index in [1.54, 1.807) is 13.1 Å². The Labute approximate surface area is 163 Å². The lowest BCUT2D eigenvalue weighted by Crippen LogP contribution is -2.30. The molecular formula is C21H22N2O5. The standard InChI is InChI=1S/C21H22N2O5/c1-15-8-9-18(16(2)12-15)13-22(3)20(24)14-28-21(25)11-10-17-6-4-5-7-19(17)23(26)27/h4-12H,13-14H2,1-3H3/b11-10+. The van der Waals surface area contributed by atoms with Gasteiger partial charge in [0.15, 0.2) is 6.61 Å². The van der Waals surface area contributed by atoms with Gasteiger partial charge in [0.2, 0.25) is 0 Å². The molecule has 7 nitrogen and oxygen atoms in total. The number of hydrogen-bond acceptors (Lipinski definition) is 5. The van der Waals surface area contributed by atoms with E-state index in [0.29, 0.717) is 6.54 Å². The highest BCUT2D eigenvalue weighted by atomic mass is 16.6. The normalized spacial score (nSPS) is 10.7. The first-order valence-corrected chi connectivity index (χ1v) is 8.66. The van der Waals surface area contributed by atoms with Crippen molar-refractivity contribution < 1.29 is 19.2 Å². The summed E-state index contributed by atoms with van der Waals surface area (Å²) >= 11 is 0. The van der Waals surface area contributed by atoms with Gasteiger partial charge in [-0.05, 0) is 37.1 Å². The van der Waals surface area contributed by atoms with E-state index in [1.165, 1.54) is 29.2 Å². The van der Waals surface area contributed by atoms with E-state index in [9.17, 15) is 19.7 Å². The molecule has 0 atom stereocenters. The summed E-state index contributed by atoms with van der Waals surface area (Å²) in [5.74, 6) is -1.08. The molecule has 2 aromatic rings. The Morgan fingerprint density at radius 2 is 1.89 bits per heavy atom. The Kier molecular flexibility index (Phi) is 7.03. The molecule has 0 bridgehead atoms. The minimum absolute atomic E-state index is 0.115. The first kappa shape index (κ1) is 20.8. The van der Waals surface area contributed by atoms with Crippen LogP contribution >= 0.6 is 0 Å². The smallest absolute Gasteiger partial charge is 0.331 e. The number of ether oxygens (including phenoxy) is 1. The zero-order valence-electron chi connectivity index (χ0n) is 16.0. The molecule has 146 valence electrons. The van der Waals surface area contributed by atoms with Crippen LogP contribution in [-0.2, 0) is 20.9 Å². The lowest BCUT2D eigenvalue weighted by Gasteiger charge is -2.18. The van der Waals surface area contributed by atoms with Crippen molar-refractivity contribution >= 4 is 23.6 Å². The number of amides is 1. The number of nitrogens with zero attached hydrogens (tertiary/aromatic N) is 2. The van der Waals surface area contributed by atoms with Crippen molar-refractivity contribution in [1.29, 1.82) is 0 Å². The Balaban J connectivity index is 1.90. The van der Waals surface area contributed by atoms with E-state index in [1.807, 2.05) is 32.0 Å². The molecule has 0 fully saturated rings. The van der Waals surface area contributed by atoms with Crippen LogP contribution in [-0.4, -0.2) is 35.4 Å². The average molecular weight is 382 g/mol. The number of aryl methyl sites for hydroxylation is 2. The van der Waals surface area contributed by atoms with Gasteiger partial charge in [-0.15, -0.1) is 0 Å². The predicted octanol–water partition coefficient (Wildman–Crippen LogP) is 3.43. The number of esters is 1. The SMILES string of the molecule is Cc1ccc(CN(C)C(=O)COC(=O)/C=C/c2ccccc2[N+](=O)[O-])c(C)c1. The highest BCUT2D eigenvalue weighted by Crippen LogP contribution is 2.19. The van der Waals surface area contributed by atoms with Crippen LogP contribution in [0.5, 0.6) is 0 Å². The van der Waals surface area contributed by atoms with E-state index in [4.69, 9.17) is 4.74 Å². The first-order valence-electron chi connectivity index (χ1n) is 8.66. The number of rotatable bonds is 7. The first-order chi connectivity index (χ1) is 13.3. The molecule has 2 rings (SSSR count). The quantitative estimate of drug-likeness (QED) is 0.317. The van der Waals surface area contributed by atoms with Crippen LogP contribution in [0.2, 0.25) is 0 Å². The minimum Gasteiger partial charge on any atom is -0.452 e. The van der Waals surface area contributed by atoms with Gasteiger partial charge in [0.05, 0.1) is 10.5 Å². The highest BCUT2D eigenvalue weighted by Gasteiger charge is 2.13. The molecule has 0 aromatic heterocycles. The fraction of sp³-hybridized carbons (Fsp3) is 0.238. The van der Waals surface area contributed by atoms with Crippen LogP contribution in [0.1, 0.15) is 22.3 Å². The Morgan fingerprint density at radius 3 is 2.57 bits per heavy atom. The van der Waals surface area contributed by atoms with Crippen LogP contribution in [0.15, 0.2) is 48.5 Å². The van der Waals surface area contributed by atoms with Crippen LogP contribution < -0.4 is 0 Å². The molecule has 0 spiro atoms. The van der Waals surface area contributed by atoms with Gasteiger partial charge in [0.25, 0.3) is 11.6 Å². The summed E-state index contributed by atoms with van der Waals surface area (Å²) in [4.78, 5) is 35.9. The van der Waals surface area contributed by atoms with Gasteiger partial charge < -0.3 is 9.64 Å². The van der Waals surface area contributed by atoms with Gasteiger partial charge in [-0.3, -0.25) is 14.9 Å². The summed E-state index contributed by atoms with van der Waals surface area (Å²) < 4.78 is 4.95. The molecule has 2 aromatic carbocycles. The van der Waals surface area contributed by atoms with Crippen molar-refractivity contribution in [2.24, 2.45) is 0 Å². The van der Waals surface area contributed by atoms with Crippen molar-refractivity contribution in [3.05, 3.63) is 80.9 Å². The molecular weight excluding hydrogens is 360 g/mol. The molecule has 0 radical (unpaired) electrons. The highest BCUT2D eigenvalue weighted by molar-refractivity contribution is 5.89. The van der Waals surface area contributed by atoms with Gasteiger partial charge in [0, 0.05) is 25.7 Å². The van der Waals surface area contributed by atoms with E-state index >= 15 is 0 Å². The lowest BCUT2D eigenvalue weighted by atomic mass is 10.1. The van der Waals surface area contributed by atoms with Gasteiger partial charge in [0.1, 0.15) is 0 Å². The number of benzene rings is 2. The second-order valence-corrected chi connectivity index (χ2v) is 6.44. The summed E-state index contributed by atoms with van der Waals surface area (Å²) in [7, 11) is 1.64. The number of likely N-dealkylation sites (N-methyl/N-ethyl adjacent to an activating group) is 1. The maximum Gasteiger partial charge on any atom is 0.331 e. The van der Waals surface area contributed by atoms with Gasteiger partial charge in [-0.25, -0.2) is 4.79 Å². The Hall–Kier alpha value is -3.48.